The zero-order chi connectivity index (χ0) is 25.6. The van der Waals surface area contributed by atoms with Crippen LogP contribution in [0.4, 0.5) is 0 Å². The number of aliphatic carboxylic acids is 1. The number of aliphatic hydroxyl groups is 2. The first-order valence-electron chi connectivity index (χ1n) is 12.8. The Morgan fingerprint density at radius 3 is 2.60 bits per heavy atom. The summed E-state index contributed by atoms with van der Waals surface area (Å²) in [5, 5.41) is 36.1. The predicted molar refractivity (Wildman–Crippen MR) is 130 cm³/mol. The Bertz CT molecular complexity index is 983. The van der Waals surface area contributed by atoms with Gasteiger partial charge in [0.25, 0.3) is 5.91 Å². The summed E-state index contributed by atoms with van der Waals surface area (Å²) in [5.74, 6) is 2.36. The Balaban J connectivity index is 1.41. The van der Waals surface area contributed by atoms with Gasteiger partial charge in [-0.2, -0.15) is 0 Å². The van der Waals surface area contributed by atoms with E-state index in [9.17, 15) is 19.8 Å². The van der Waals surface area contributed by atoms with Gasteiger partial charge in [0.05, 0.1) is 11.8 Å². The third-order valence-electron chi connectivity index (χ3n) is 9.81. The van der Waals surface area contributed by atoms with Crippen LogP contribution < -0.4 is 5.32 Å². The van der Waals surface area contributed by atoms with Crippen LogP contribution in [0.15, 0.2) is 16.8 Å². The molecule has 0 bridgehead atoms. The van der Waals surface area contributed by atoms with Crippen molar-refractivity contribution >= 4 is 17.6 Å². The molecule has 4 N–H and O–H groups in total. The Hall–Kier alpha value is -2.37. The van der Waals surface area contributed by atoms with Crippen LogP contribution in [-0.4, -0.2) is 57.3 Å². The zero-order valence-corrected chi connectivity index (χ0v) is 20.9. The molecule has 4 aliphatic rings. The maximum atomic E-state index is 12.0. The fourth-order valence-electron chi connectivity index (χ4n) is 7.67. The van der Waals surface area contributed by atoms with Gasteiger partial charge in [0.2, 0.25) is 0 Å². The fourth-order valence-corrected chi connectivity index (χ4v) is 7.67. The Kier molecular flexibility index (Phi) is 6.80. The number of hydrogen-bond donors (Lipinski definition) is 4. The largest absolute Gasteiger partial charge is 0.480 e. The van der Waals surface area contributed by atoms with E-state index in [1.165, 1.54) is 12.5 Å². The Morgan fingerprint density at radius 1 is 1.23 bits per heavy atom. The van der Waals surface area contributed by atoms with E-state index >= 15 is 0 Å². The molecule has 0 aliphatic heterocycles. The molecule has 0 radical (unpaired) electrons. The van der Waals surface area contributed by atoms with Crippen molar-refractivity contribution in [2.24, 2.45) is 33.7 Å². The predicted octanol–water partition coefficient (Wildman–Crippen LogP) is 2.64. The van der Waals surface area contributed by atoms with Crippen LogP contribution >= 0.6 is 0 Å². The first-order valence-corrected chi connectivity index (χ1v) is 12.8. The molecule has 0 heterocycles. The lowest BCUT2D eigenvalue weighted by Gasteiger charge is -2.58. The Morgan fingerprint density at radius 2 is 1.94 bits per heavy atom. The van der Waals surface area contributed by atoms with E-state index in [2.05, 4.69) is 36.3 Å². The number of aliphatic hydroxyl groups excluding tert-OH is 1. The third kappa shape index (κ3) is 4.27. The molecule has 8 atom stereocenters. The normalized spacial score (nSPS) is 40.9. The van der Waals surface area contributed by atoms with Crippen LogP contribution in [-0.2, 0) is 14.4 Å². The number of nitrogens with one attached hydrogen (secondary N) is 1. The average Bonchev–Trinajstić information content (AvgIpc) is 3.08. The number of carbonyl (C=O) groups is 2. The maximum absolute atomic E-state index is 12.0. The quantitative estimate of drug-likeness (QED) is 0.338. The van der Waals surface area contributed by atoms with Gasteiger partial charge in [-0.3, -0.25) is 4.79 Å². The van der Waals surface area contributed by atoms with Gasteiger partial charge in [-0.05, 0) is 87.5 Å². The summed E-state index contributed by atoms with van der Waals surface area (Å²) in [4.78, 5) is 28.3. The number of rotatable bonds is 6. The molecule has 3 saturated carbocycles. The number of terminal acetylenes is 1. The van der Waals surface area contributed by atoms with Gasteiger partial charge < -0.3 is 25.5 Å². The second-order valence-corrected chi connectivity index (χ2v) is 11.5. The molecule has 8 nitrogen and oxygen atoms in total. The summed E-state index contributed by atoms with van der Waals surface area (Å²) in [7, 11) is 0. The van der Waals surface area contributed by atoms with Crippen molar-refractivity contribution in [2.75, 3.05) is 6.61 Å². The molecular formula is C27H38N2O6. The highest BCUT2D eigenvalue weighted by atomic mass is 16.6. The van der Waals surface area contributed by atoms with Crippen LogP contribution in [0.1, 0.15) is 72.1 Å². The fraction of sp³-hybridized carbons (Fsp3) is 0.741. The van der Waals surface area contributed by atoms with Gasteiger partial charge >= 0.3 is 5.97 Å². The topological polar surface area (TPSA) is 128 Å². The number of carboxylic acid groups (broad SMARTS) is 1. The van der Waals surface area contributed by atoms with Gasteiger partial charge in [0.15, 0.2) is 12.6 Å². The van der Waals surface area contributed by atoms with E-state index in [1.54, 1.807) is 0 Å². The van der Waals surface area contributed by atoms with Crippen molar-refractivity contribution in [1.29, 1.82) is 0 Å². The van der Waals surface area contributed by atoms with Crippen molar-refractivity contribution in [3.8, 4) is 12.3 Å². The van der Waals surface area contributed by atoms with Crippen molar-refractivity contribution in [3.05, 3.63) is 11.6 Å². The first-order chi connectivity index (χ1) is 16.4. The molecule has 1 amide bonds. The maximum Gasteiger partial charge on any atom is 0.328 e. The Labute approximate surface area is 207 Å². The highest BCUT2D eigenvalue weighted by molar-refractivity contribution is 5.96. The molecule has 4 rings (SSSR count). The molecule has 0 saturated heterocycles. The molecule has 0 unspecified atom stereocenters. The molecule has 3 fully saturated rings. The van der Waals surface area contributed by atoms with Crippen LogP contribution in [0.25, 0.3) is 0 Å². The summed E-state index contributed by atoms with van der Waals surface area (Å²) in [6.45, 7) is 5.46. The van der Waals surface area contributed by atoms with E-state index < -0.39 is 36.2 Å². The van der Waals surface area contributed by atoms with Crippen molar-refractivity contribution in [1.82, 2.24) is 5.32 Å². The van der Waals surface area contributed by atoms with Gasteiger partial charge in [-0.1, -0.05) is 30.5 Å². The van der Waals surface area contributed by atoms with Crippen LogP contribution in [0.3, 0.4) is 0 Å². The van der Waals surface area contributed by atoms with Crippen LogP contribution in [0.5, 0.6) is 0 Å². The van der Waals surface area contributed by atoms with Crippen molar-refractivity contribution in [2.45, 2.75) is 89.9 Å². The summed E-state index contributed by atoms with van der Waals surface area (Å²) in [6.07, 6.45) is 14.1. The highest BCUT2D eigenvalue weighted by Crippen LogP contribution is 2.67. The summed E-state index contributed by atoms with van der Waals surface area (Å²) < 4.78 is 0. The first kappa shape index (κ1) is 25.7. The minimum atomic E-state index is -1.39. The molecule has 35 heavy (non-hydrogen) atoms. The van der Waals surface area contributed by atoms with Crippen LogP contribution in [0, 0.1) is 40.9 Å². The average molecular weight is 487 g/mol. The molecule has 192 valence electrons. The molecule has 8 heteroatoms. The highest BCUT2D eigenvalue weighted by Gasteiger charge is 2.63. The lowest BCUT2D eigenvalue weighted by Crippen LogP contribution is -2.54. The van der Waals surface area contributed by atoms with E-state index in [0.29, 0.717) is 24.2 Å². The van der Waals surface area contributed by atoms with Gasteiger partial charge in [0.1, 0.15) is 5.60 Å². The number of hydrogen-bond acceptors (Lipinski definition) is 6. The molecule has 0 aromatic rings. The van der Waals surface area contributed by atoms with Gasteiger partial charge in [-0.25, -0.2) is 4.79 Å². The molecule has 0 aromatic carbocycles. The molecule has 4 aliphatic carbocycles. The van der Waals surface area contributed by atoms with Gasteiger partial charge in [0, 0.05) is 5.41 Å². The smallest absolute Gasteiger partial charge is 0.328 e. The van der Waals surface area contributed by atoms with Gasteiger partial charge in [-0.15, -0.1) is 6.42 Å². The number of oxime groups is 1. The monoisotopic (exact) mass is 486 g/mol. The summed E-state index contributed by atoms with van der Waals surface area (Å²) in [6, 6.07) is -1.39. The minimum Gasteiger partial charge on any atom is -0.480 e. The molecular weight excluding hydrogens is 448 g/mol. The van der Waals surface area contributed by atoms with E-state index in [0.717, 1.165) is 50.7 Å². The second-order valence-electron chi connectivity index (χ2n) is 11.5. The number of nitrogens with zero attached hydrogens (tertiary/aromatic N) is 1. The summed E-state index contributed by atoms with van der Waals surface area (Å²) in [5.41, 5.74) is 1.06. The van der Waals surface area contributed by atoms with Crippen molar-refractivity contribution < 1.29 is 29.7 Å². The summed E-state index contributed by atoms with van der Waals surface area (Å²) >= 11 is 0. The number of carboxylic acids is 1. The number of fused-ring (bicyclic) bond motifs is 5. The molecule has 0 spiro atoms. The SMILES string of the molecule is C#C[C@@]1(O)CC[C@@H]2[C@@H]3CCC4=C/C(=N\OCC(=O)N[C@H](C(=O)O)[C@H](C)O)CC[C@]4(C)[C@@H]3CC[C@@]21C. The zero-order valence-electron chi connectivity index (χ0n) is 20.9. The van der Waals surface area contributed by atoms with E-state index in [-0.39, 0.29) is 10.8 Å². The van der Waals surface area contributed by atoms with Crippen LogP contribution in [0.2, 0.25) is 0 Å². The van der Waals surface area contributed by atoms with E-state index in [1.807, 2.05) is 0 Å². The number of allylic oxidation sites excluding steroid dienone is 2. The van der Waals surface area contributed by atoms with E-state index in [4.69, 9.17) is 16.4 Å². The standard InChI is InChI=1S/C27H38N2O6/c1-5-27(34)13-10-21-19-7-6-17-14-18(8-11-25(17,3)20(19)9-12-26(21,27)4)29-35-15-22(31)28-23(16(2)30)24(32)33/h1,14,16,19-21,23,30,34H,6-13,15H2,2-4H3,(H,28,31)(H,32,33)/b29-18-/t16-,19+,20+,21+,23-,25-,26-,27+/m0/s1. The minimum absolute atomic E-state index is 0.0868. The number of amides is 1. The number of carbonyl (C=O) groups excluding carboxylic acids is 1. The lowest BCUT2D eigenvalue weighted by atomic mass is 9.46. The van der Waals surface area contributed by atoms with Crippen molar-refractivity contribution in [3.63, 3.8) is 0 Å². The molecule has 0 aromatic heterocycles. The lowest BCUT2D eigenvalue weighted by molar-refractivity contribution is -0.145. The second kappa shape index (κ2) is 9.25. The third-order valence-corrected chi connectivity index (χ3v) is 9.81.